The molecule has 0 fully saturated rings. The topological polar surface area (TPSA) is 79.4 Å². The maximum atomic E-state index is 12.6. The van der Waals surface area contributed by atoms with Crippen molar-refractivity contribution in [3.8, 4) is 0 Å². The lowest BCUT2D eigenvalue weighted by Crippen LogP contribution is -2.29. The summed E-state index contributed by atoms with van der Waals surface area (Å²) in [5.41, 5.74) is 1.99. The molecule has 2 heterocycles. The number of fused-ring (bicyclic) bond motifs is 2. The molecule has 1 aliphatic carbocycles. The van der Waals surface area contributed by atoms with Gasteiger partial charge in [0, 0.05) is 17.0 Å². The minimum atomic E-state index is -0.398. The van der Waals surface area contributed by atoms with Gasteiger partial charge in [0.05, 0.1) is 16.8 Å². The van der Waals surface area contributed by atoms with Gasteiger partial charge in [-0.25, -0.2) is 4.98 Å². The van der Waals surface area contributed by atoms with Crippen LogP contribution in [0.5, 0.6) is 0 Å². The summed E-state index contributed by atoms with van der Waals surface area (Å²) in [5, 5.41) is 3.42. The van der Waals surface area contributed by atoms with E-state index >= 15 is 0 Å². The number of benzene rings is 1. The summed E-state index contributed by atoms with van der Waals surface area (Å²) in [7, 11) is 0. The lowest BCUT2D eigenvalue weighted by Gasteiger charge is -2.09. The van der Waals surface area contributed by atoms with Crippen molar-refractivity contribution in [3.63, 3.8) is 0 Å². The number of hydrogen-bond acceptors (Lipinski definition) is 5. The maximum absolute atomic E-state index is 12.6. The summed E-state index contributed by atoms with van der Waals surface area (Å²) in [5.74, 6) is -1.08. The lowest BCUT2D eigenvalue weighted by atomic mass is 10.1. The highest BCUT2D eigenvalue weighted by Gasteiger charge is 2.35. The molecule has 7 heteroatoms. The van der Waals surface area contributed by atoms with Crippen molar-refractivity contribution in [2.45, 2.75) is 32.1 Å². The molecule has 0 saturated carbocycles. The smallest absolute Gasteiger partial charge is 0.261 e. The highest BCUT2D eigenvalue weighted by Crippen LogP contribution is 2.30. The zero-order valence-corrected chi connectivity index (χ0v) is 15.6. The molecule has 0 atom stereocenters. The van der Waals surface area contributed by atoms with Crippen LogP contribution in [0.4, 0.5) is 5.13 Å². The largest absolute Gasteiger partial charge is 0.298 e. The molecule has 4 rings (SSSR count). The van der Waals surface area contributed by atoms with Crippen LogP contribution in [0, 0.1) is 0 Å². The third-order valence-electron chi connectivity index (χ3n) is 4.86. The number of nitrogens with one attached hydrogen (secondary N) is 1. The van der Waals surface area contributed by atoms with Gasteiger partial charge in [0.25, 0.3) is 17.7 Å². The molecule has 1 aromatic carbocycles. The molecule has 2 aliphatic rings. The number of amides is 3. The Hall–Kier alpha value is -2.80. The van der Waals surface area contributed by atoms with Gasteiger partial charge in [0.15, 0.2) is 5.13 Å². The van der Waals surface area contributed by atoms with Crippen molar-refractivity contribution in [1.29, 1.82) is 0 Å². The first-order valence-electron chi connectivity index (χ1n) is 8.99. The molecule has 1 aliphatic heterocycles. The molecule has 0 bridgehead atoms. The second-order valence-electron chi connectivity index (χ2n) is 6.67. The van der Waals surface area contributed by atoms with Crippen molar-refractivity contribution < 1.29 is 14.4 Å². The Morgan fingerprint density at radius 3 is 2.78 bits per heavy atom. The quantitative estimate of drug-likeness (QED) is 0.500. The Bertz CT molecular complexity index is 940. The number of anilines is 1. The summed E-state index contributed by atoms with van der Waals surface area (Å²) in [6.45, 7) is 3.72. The van der Waals surface area contributed by atoms with Gasteiger partial charge in [0.2, 0.25) is 0 Å². The van der Waals surface area contributed by atoms with E-state index in [0.29, 0.717) is 16.3 Å². The van der Waals surface area contributed by atoms with Gasteiger partial charge in [-0.05, 0) is 43.9 Å². The molecule has 27 heavy (non-hydrogen) atoms. The van der Waals surface area contributed by atoms with Gasteiger partial charge in [0.1, 0.15) is 0 Å². The van der Waals surface area contributed by atoms with Crippen LogP contribution in [0.1, 0.15) is 60.9 Å². The van der Waals surface area contributed by atoms with Gasteiger partial charge in [-0.3, -0.25) is 24.6 Å². The van der Waals surface area contributed by atoms with E-state index in [1.54, 1.807) is 6.07 Å². The molecule has 138 valence electrons. The van der Waals surface area contributed by atoms with E-state index in [0.717, 1.165) is 36.3 Å². The van der Waals surface area contributed by atoms with Crippen LogP contribution in [0.2, 0.25) is 0 Å². The Balaban J connectivity index is 1.55. The van der Waals surface area contributed by atoms with E-state index in [-0.39, 0.29) is 23.9 Å². The van der Waals surface area contributed by atoms with Gasteiger partial charge >= 0.3 is 0 Å². The minimum absolute atomic E-state index is 0.151. The number of carbonyl (C=O) groups is 3. The first kappa shape index (κ1) is 17.6. The van der Waals surface area contributed by atoms with Crippen molar-refractivity contribution >= 4 is 34.2 Å². The maximum Gasteiger partial charge on any atom is 0.261 e. The summed E-state index contributed by atoms with van der Waals surface area (Å²) in [4.78, 5) is 44.2. The molecule has 1 N–H and O–H groups in total. The molecule has 1 aromatic heterocycles. The number of hydrogen-bond donors (Lipinski definition) is 1. The SMILES string of the molecule is C=CCN1C(=O)c2ccc(C(=O)Nc3nc4c(s3)CCCCC4)cc2C1=O. The summed E-state index contributed by atoms with van der Waals surface area (Å²) in [6, 6.07) is 4.58. The monoisotopic (exact) mass is 381 g/mol. The zero-order valence-electron chi connectivity index (χ0n) is 14.8. The van der Waals surface area contributed by atoms with Crippen LogP contribution in [-0.2, 0) is 12.8 Å². The highest BCUT2D eigenvalue weighted by molar-refractivity contribution is 7.15. The summed E-state index contributed by atoms with van der Waals surface area (Å²) in [6.07, 6.45) is 6.97. The predicted octanol–water partition coefficient (Wildman–Crippen LogP) is 3.45. The fourth-order valence-electron chi connectivity index (χ4n) is 3.48. The molecule has 3 amide bonds. The minimum Gasteiger partial charge on any atom is -0.298 e. The number of nitrogens with zero attached hydrogens (tertiary/aromatic N) is 2. The number of imide groups is 1. The number of thiazole rings is 1. The molecule has 0 radical (unpaired) electrons. The van der Waals surface area contributed by atoms with Crippen molar-refractivity contribution in [1.82, 2.24) is 9.88 Å². The summed E-state index contributed by atoms with van der Waals surface area (Å²) >= 11 is 1.52. The Kier molecular flexibility index (Phi) is 4.61. The van der Waals surface area contributed by atoms with Crippen LogP contribution < -0.4 is 5.32 Å². The van der Waals surface area contributed by atoms with E-state index in [9.17, 15) is 14.4 Å². The first-order chi connectivity index (χ1) is 13.1. The van der Waals surface area contributed by atoms with Gasteiger partial charge < -0.3 is 0 Å². The van der Waals surface area contributed by atoms with Crippen molar-refractivity contribution in [2.24, 2.45) is 0 Å². The highest BCUT2D eigenvalue weighted by atomic mass is 32.1. The summed E-state index contributed by atoms with van der Waals surface area (Å²) < 4.78 is 0. The molecular formula is C20H19N3O3S. The molecule has 0 spiro atoms. The van der Waals surface area contributed by atoms with E-state index in [1.165, 1.54) is 40.8 Å². The van der Waals surface area contributed by atoms with Crippen LogP contribution >= 0.6 is 11.3 Å². The van der Waals surface area contributed by atoms with Crippen LogP contribution in [0.25, 0.3) is 0 Å². The average molecular weight is 381 g/mol. The number of rotatable bonds is 4. The fourth-order valence-corrected chi connectivity index (χ4v) is 4.52. The van der Waals surface area contributed by atoms with E-state index < -0.39 is 5.91 Å². The standard InChI is InChI=1S/C20H19N3O3S/c1-2-10-23-18(25)13-9-8-12(11-14(13)19(23)26)17(24)22-20-21-15-6-4-3-5-7-16(15)27-20/h2,8-9,11H,1,3-7,10H2,(H,21,22,24). The lowest BCUT2D eigenvalue weighted by molar-refractivity contribution is 0.0672. The van der Waals surface area contributed by atoms with Crippen molar-refractivity contribution in [3.05, 3.63) is 58.1 Å². The normalized spacial score (nSPS) is 15.9. The van der Waals surface area contributed by atoms with Crippen LogP contribution in [-0.4, -0.2) is 34.2 Å². The average Bonchev–Trinajstić information content (AvgIpc) is 3.05. The molecule has 2 aromatic rings. The van der Waals surface area contributed by atoms with Crippen molar-refractivity contribution in [2.75, 3.05) is 11.9 Å². The third-order valence-corrected chi connectivity index (χ3v) is 5.93. The van der Waals surface area contributed by atoms with Crippen LogP contribution in [0.15, 0.2) is 30.9 Å². The molecule has 6 nitrogen and oxygen atoms in total. The Morgan fingerprint density at radius 2 is 1.96 bits per heavy atom. The first-order valence-corrected chi connectivity index (χ1v) is 9.81. The van der Waals surface area contributed by atoms with E-state index in [4.69, 9.17) is 0 Å². The van der Waals surface area contributed by atoms with E-state index in [1.807, 2.05) is 0 Å². The second kappa shape index (κ2) is 7.08. The molecule has 0 unspecified atom stereocenters. The molecule has 0 saturated heterocycles. The number of aryl methyl sites for hydroxylation is 2. The molecular weight excluding hydrogens is 362 g/mol. The van der Waals surface area contributed by atoms with E-state index in [2.05, 4.69) is 16.9 Å². The van der Waals surface area contributed by atoms with Gasteiger partial charge in [-0.1, -0.05) is 12.5 Å². The third kappa shape index (κ3) is 3.19. The Labute approximate surface area is 160 Å². The number of aromatic nitrogens is 1. The fraction of sp³-hybridized carbons (Fsp3) is 0.300. The van der Waals surface area contributed by atoms with Crippen LogP contribution in [0.3, 0.4) is 0 Å². The second-order valence-corrected chi connectivity index (χ2v) is 7.76. The van der Waals surface area contributed by atoms with Gasteiger partial charge in [-0.2, -0.15) is 0 Å². The zero-order chi connectivity index (χ0) is 19.0. The Morgan fingerprint density at radius 1 is 1.19 bits per heavy atom. The predicted molar refractivity (Wildman–Crippen MR) is 103 cm³/mol. The number of carbonyl (C=O) groups excluding carboxylic acids is 3. The van der Waals surface area contributed by atoms with Gasteiger partial charge in [-0.15, -0.1) is 17.9 Å².